The third-order valence-electron chi connectivity index (χ3n) is 2.28. The van der Waals surface area contributed by atoms with Crippen LogP contribution in [0.4, 0.5) is 0 Å². The van der Waals surface area contributed by atoms with Gasteiger partial charge >= 0.3 is 0 Å². The summed E-state index contributed by atoms with van der Waals surface area (Å²) in [6.07, 6.45) is 3.33. The third kappa shape index (κ3) is 5.72. The van der Waals surface area contributed by atoms with Crippen LogP contribution < -0.4 is 5.32 Å². The molecule has 0 aromatic rings. The van der Waals surface area contributed by atoms with Gasteiger partial charge in [-0.25, -0.2) is 0 Å². The zero-order chi connectivity index (χ0) is 13.3. The number of rotatable bonds is 5. The number of amides is 3. The number of nitrogens with one attached hydrogen (secondary N) is 1. The Morgan fingerprint density at radius 3 is 2.35 bits per heavy atom. The summed E-state index contributed by atoms with van der Waals surface area (Å²) >= 11 is 3.95. The molecule has 1 fully saturated rings. The second-order valence-corrected chi connectivity index (χ2v) is 4.30. The molecule has 0 aliphatic carbocycles. The molecule has 0 bridgehead atoms. The number of carbonyl (C=O) groups is 3. The molecule has 0 radical (unpaired) electrons. The molecule has 0 saturated carbocycles. The number of likely N-dealkylation sites (tertiary alicyclic amines) is 1. The van der Waals surface area contributed by atoms with Gasteiger partial charge in [-0.15, -0.1) is 0 Å². The Balaban J connectivity index is 0.000000557. The summed E-state index contributed by atoms with van der Waals surface area (Å²) in [5, 5.41) is 1.87. The fraction of sp³-hybridized carbons (Fsp3) is 0.727. The van der Waals surface area contributed by atoms with Gasteiger partial charge in [0.15, 0.2) is 0 Å². The molecule has 1 unspecified atom stereocenters. The van der Waals surface area contributed by atoms with Gasteiger partial charge in [0.25, 0.3) is 0 Å². The summed E-state index contributed by atoms with van der Waals surface area (Å²) in [6.45, 7) is 4.88. The van der Waals surface area contributed by atoms with Crippen molar-refractivity contribution in [2.45, 2.75) is 38.4 Å². The van der Waals surface area contributed by atoms with E-state index >= 15 is 0 Å². The SMILES string of the molecule is CCCC.O=CNCCN1C(=O)CC(S)C1=O. The number of carbonyl (C=O) groups excluding carboxylic acids is 3. The van der Waals surface area contributed by atoms with Gasteiger partial charge in [0.1, 0.15) is 0 Å². The topological polar surface area (TPSA) is 66.5 Å². The van der Waals surface area contributed by atoms with Crippen LogP contribution in [0.5, 0.6) is 0 Å². The normalized spacial score (nSPS) is 18.8. The van der Waals surface area contributed by atoms with Crippen LogP contribution in [0.15, 0.2) is 0 Å². The largest absolute Gasteiger partial charge is 0.357 e. The van der Waals surface area contributed by atoms with Crippen molar-refractivity contribution in [2.24, 2.45) is 0 Å². The highest BCUT2D eigenvalue weighted by Crippen LogP contribution is 2.16. The number of thiol groups is 1. The van der Waals surface area contributed by atoms with Crippen LogP contribution in [0.2, 0.25) is 0 Å². The Labute approximate surface area is 107 Å². The van der Waals surface area contributed by atoms with Crippen LogP contribution >= 0.6 is 12.6 Å². The Bertz CT molecular complexity index is 269. The minimum Gasteiger partial charge on any atom is -0.357 e. The molecule has 5 nitrogen and oxygen atoms in total. The number of unbranched alkanes of at least 4 members (excludes halogenated alkanes) is 1. The summed E-state index contributed by atoms with van der Waals surface area (Å²) in [4.78, 5) is 33.4. The van der Waals surface area contributed by atoms with Gasteiger partial charge in [-0.3, -0.25) is 19.3 Å². The van der Waals surface area contributed by atoms with E-state index in [1.54, 1.807) is 0 Å². The Hall–Kier alpha value is -1.04. The van der Waals surface area contributed by atoms with Gasteiger partial charge in [-0.05, 0) is 0 Å². The maximum atomic E-state index is 11.2. The molecule has 0 aromatic heterocycles. The first kappa shape index (κ1) is 16.0. The Kier molecular flexibility index (Phi) is 8.49. The van der Waals surface area contributed by atoms with Crippen LogP contribution in [0, 0.1) is 0 Å². The minimum atomic E-state index is -0.510. The summed E-state index contributed by atoms with van der Waals surface area (Å²) in [5.74, 6) is -0.501. The van der Waals surface area contributed by atoms with E-state index in [0.29, 0.717) is 13.0 Å². The Morgan fingerprint density at radius 2 is 2.00 bits per heavy atom. The fourth-order valence-corrected chi connectivity index (χ4v) is 1.43. The van der Waals surface area contributed by atoms with Crippen LogP contribution in [0.3, 0.4) is 0 Å². The molecule has 1 rings (SSSR count). The van der Waals surface area contributed by atoms with Gasteiger partial charge in [0, 0.05) is 19.5 Å². The maximum absolute atomic E-state index is 11.2. The van der Waals surface area contributed by atoms with E-state index in [-0.39, 0.29) is 24.8 Å². The molecular weight excluding hydrogens is 240 g/mol. The van der Waals surface area contributed by atoms with Crippen molar-refractivity contribution in [3.8, 4) is 0 Å². The van der Waals surface area contributed by atoms with E-state index in [9.17, 15) is 14.4 Å². The van der Waals surface area contributed by atoms with E-state index in [0.717, 1.165) is 4.90 Å². The van der Waals surface area contributed by atoms with Crippen molar-refractivity contribution < 1.29 is 14.4 Å². The lowest BCUT2D eigenvalue weighted by Gasteiger charge is -2.12. The van der Waals surface area contributed by atoms with Crippen LogP contribution in [0.25, 0.3) is 0 Å². The number of hydrogen-bond donors (Lipinski definition) is 2. The molecule has 1 aliphatic heterocycles. The third-order valence-corrected chi connectivity index (χ3v) is 2.69. The zero-order valence-electron chi connectivity index (χ0n) is 10.3. The van der Waals surface area contributed by atoms with Crippen molar-refractivity contribution in [1.29, 1.82) is 0 Å². The molecule has 0 spiro atoms. The summed E-state index contributed by atoms with van der Waals surface area (Å²) in [6, 6.07) is 0. The average molecular weight is 260 g/mol. The lowest BCUT2D eigenvalue weighted by atomic mass is 10.4. The van der Waals surface area contributed by atoms with Gasteiger partial charge in [-0.1, -0.05) is 26.7 Å². The monoisotopic (exact) mass is 260 g/mol. The molecular formula is C11H20N2O3S. The number of nitrogens with zero attached hydrogens (tertiary/aromatic N) is 1. The maximum Gasteiger partial charge on any atom is 0.242 e. The molecule has 3 amide bonds. The van der Waals surface area contributed by atoms with Crippen molar-refractivity contribution >= 4 is 30.9 Å². The number of imide groups is 1. The molecule has 0 aromatic carbocycles. The quantitative estimate of drug-likeness (QED) is 0.329. The molecule has 1 N–H and O–H groups in total. The van der Waals surface area contributed by atoms with Gasteiger partial charge in [0.05, 0.1) is 5.25 Å². The van der Waals surface area contributed by atoms with Crippen LogP contribution in [-0.2, 0) is 14.4 Å². The van der Waals surface area contributed by atoms with E-state index in [2.05, 4.69) is 31.8 Å². The van der Waals surface area contributed by atoms with E-state index < -0.39 is 5.25 Å². The highest BCUT2D eigenvalue weighted by atomic mass is 32.1. The molecule has 1 saturated heterocycles. The molecule has 1 aliphatic rings. The molecule has 17 heavy (non-hydrogen) atoms. The first-order valence-corrected chi connectivity index (χ1v) is 6.29. The standard InChI is InChI=1S/C7H10N2O3S.C4H10/c10-4-8-1-2-9-6(11)3-5(13)7(9)12;1-3-4-2/h4-5,13H,1-3H2,(H,8,10);3-4H2,1-2H3. The minimum absolute atomic E-state index is 0.156. The van der Waals surface area contributed by atoms with E-state index in [4.69, 9.17) is 0 Å². The molecule has 1 atom stereocenters. The first-order chi connectivity index (χ1) is 8.08. The van der Waals surface area contributed by atoms with Crippen molar-refractivity contribution in [2.75, 3.05) is 13.1 Å². The lowest BCUT2D eigenvalue weighted by Crippen LogP contribution is -2.36. The predicted molar refractivity (Wildman–Crippen MR) is 68.8 cm³/mol. The molecule has 98 valence electrons. The fourth-order valence-electron chi connectivity index (χ4n) is 1.14. The lowest BCUT2D eigenvalue weighted by molar-refractivity contribution is -0.138. The Morgan fingerprint density at radius 1 is 1.41 bits per heavy atom. The van der Waals surface area contributed by atoms with Crippen molar-refractivity contribution in [3.63, 3.8) is 0 Å². The summed E-state index contributed by atoms with van der Waals surface area (Å²) in [5.41, 5.74) is 0. The van der Waals surface area contributed by atoms with Gasteiger partial charge < -0.3 is 5.32 Å². The first-order valence-electron chi connectivity index (χ1n) is 5.77. The van der Waals surface area contributed by atoms with Crippen molar-refractivity contribution in [3.05, 3.63) is 0 Å². The van der Waals surface area contributed by atoms with Gasteiger partial charge in [0.2, 0.25) is 18.2 Å². The number of hydrogen-bond acceptors (Lipinski definition) is 4. The van der Waals surface area contributed by atoms with E-state index in [1.165, 1.54) is 12.8 Å². The molecule has 6 heteroatoms. The smallest absolute Gasteiger partial charge is 0.242 e. The predicted octanol–water partition coefficient (Wildman–Crippen LogP) is 0.596. The second kappa shape index (κ2) is 9.04. The van der Waals surface area contributed by atoms with E-state index in [1.807, 2.05) is 0 Å². The zero-order valence-corrected chi connectivity index (χ0v) is 11.2. The summed E-state index contributed by atoms with van der Waals surface area (Å²) < 4.78 is 0. The van der Waals surface area contributed by atoms with Crippen molar-refractivity contribution in [1.82, 2.24) is 10.2 Å². The molecule has 1 heterocycles. The highest BCUT2D eigenvalue weighted by Gasteiger charge is 2.35. The average Bonchev–Trinajstić information content (AvgIpc) is 2.56. The van der Waals surface area contributed by atoms with Crippen LogP contribution in [-0.4, -0.2) is 41.5 Å². The summed E-state index contributed by atoms with van der Waals surface area (Å²) in [7, 11) is 0. The second-order valence-electron chi connectivity index (χ2n) is 3.68. The highest BCUT2D eigenvalue weighted by molar-refractivity contribution is 7.81. The van der Waals surface area contributed by atoms with Crippen LogP contribution in [0.1, 0.15) is 33.1 Å². The van der Waals surface area contributed by atoms with Gasteiger partial charge in [-0.2, -0.15) is 12.6 Å².